The van der Waals surface area contributed by atoms with Crippen LogP contribution in [0.25, 0.3) is 0 Å². The van der Waals surface area contributed by atoms with Gasteiger partial charge in [-0.25, -0.2) is 0 Å². The van der Waals surface area contributed by atoms with Crippen molar-refractivity contribution in [3.63, 3.8) is 0 Å². The van der Waals surface area contributed by atoms with E-state index in [1.54, 1.807) is 6.20 Å². The highest BCUT2D eigenvalue weighted by Gasteiger charge is 2.37. The molecule has 1 N–H and O–H groups in total. The molecule has 1 aromatic heterocycles. The quantitative estimate of drug-likeness (QED) is 0.942. The molecule has 0 spiro atoms. The molecule has 1 fully saturated rings. The first-order valence-corrected chi connectivity index (χ1v) is 7.62. The Morgan fingerprint density at radius 2 is 2.09 bits per heavy atom. The van der Waals surface area contributed by atoms with Crippen molar-refractivity contribution in [2.45, 2.75) is 31.8 Å². The highest BCUT2D eigenvalue weighted by atomic mass is 16.4. The van der Waals surface area contributed by atoms with Crippen molar-refractivity contribution in [1.29, 1.82) is 0 Å². The molecule has 22 heavy (non-hydrogen) atoms. The van der Waals surface area contributed by atoms with Crippen molar-refractivity contribution in [2.24, 2.45) is 0 Å². The number of aromatic nitrogens is 1. The van der Waals surface area contributed by atoms with Gasteiger partial charge in [-0.2, -0.15) is 0 Å². The smallest absolute Gasteiger partial charge is 0.320 e. The predicted molar refractivity (Wildman–Crippen MR) is 84.6 cm³/mol. The fourth-order valence-corrected chi connectivity index (χ4v) is 3.34. The molecule has 1 aliphatic heterocycles. The number of nitrogens with zero attached hydrogens (tertiary/aromatic N) is 2. The van der Waals surface area contributed by atoms with Gasteiger partial charge in [0.25, 0.3) is 0 Å². The summed E-state index contributed by atoms with van der Waals surface area (Å²) in [4.78, 5) is 17.9. The molecular weight excluding hydrogens is 276 g/mol. The molecule has 0 radical (unpaired) electrons. The Hall–Kier alpha value is -2.20. The van der Waals surface area contributed by atoms with Gasteiger partial charge < -0.3 is 5.11 Å². The first-order valence-electron chi connectivity index (χ1n) is 7.62. The number of aliphatic carboxylic acids is 1. The van der Waals surface area contributed by atoms with E-state index in [9.17, 15) is 9.90 Å². The average molecular weight is 296 g/mol. The summed E-state index contributed by atoms with van der Waals surface area (Å²) in [6.45, 7) is 2.84. The lowest BCUT2D eigenvalue weighted by Gasteiger charge is -2.32. The first-order chi connectivity index (χ1) is 10.7. The minimum atomic E-state index is -0.731. The van der Waals surface area contributed by atoms with E-state index in [4.69, 9.17) is 0 Å². The Morgan fingerprint density at radius 1 is 1.32 bits per heavy atom. The van der Waals surface area contributed by atoms with E-state index in [1.807, 2.05) is 37.4 Å². The largest absolute Gasteiger partial charge is 0.480 e. The number of hydrogen-bond donors (Lipinski definition) is 1. The summed E-state index contributed by atoms with van der Waals surface area (Å²) in [5.74, 6) is -0.731. The number of carbonyl (C=O) groups is 1. The molecular formula is C18H20N2O2. The molecule has 0 bridgehead atoms. The van der Waals surface area contributed by atoms with Crippen LogP contribution in [0.4, 0.5) is 0 Å². The van der Waals surface area contributed by atoms with Crippen molar-refractivity contribution >= 4 is 5.97 Å². The Kier molecular flexibility index (Phi) is 4.20. The second-order valence-corrected chi connectivity index (χ2v) is 5.78. The lowest BCUT2D eigenvalue weighted by atomic mass is 9.94. The highest BCUT2D eigenvalue weighted by Crippen LogP contribution is 2.35. The molecule has 2 aromatic rings. The van der Waals surface area contributed by atoms with Gasteiger partial charge in [-0.1, -0.05) is 30.3 Å². The van der Waals surface area contributed by atoms with E-state index in [-0.39, 0.29) is 6.04 Å². The van der Waals surface area contributed by atoms with Gasteiger partial charge in [-0.15, -0.1) is 0 Å². The average Bonchev–Trinajstić information content (AvgIpc) is 3.00. The van der Waals surface area contributed by atoms with Crippen LogP contribution in [0.15, 0.2) is 48.8 Å². The second kappa shape index (κ2) is 6.28. The van der Waals surface area contributed by atoms with E-state index in [2.05, 4.69) is 22.0 Å². The Balaban J connectivity index is 2.08. The molecule has 114 valence electrons. The van der Waals surface area contributed by atoms with Crippen LogP contribution in [0.5, 0.6) is 0 Å². The fourth-order valence-electron chi connectivity index (χ4n) is 3.34. The molecule has 2 unspecified atom stereocenters. The third kappa shape index (κ3) is 2.74. The minimum absolute atomic E-state index is 0.0344. The number of carboxylic acids is 1. The number of benzene rings is 1. The number of rotatable bonds is 4. The standard InChI is InChI=1S/C18H20N2O2/c1-13-12-19-10-9-15(13)17(14-6-3-2-4-7-14)20-11-5-8-16(20)18(21)22/h2-4,6-7,9-10,12,16-17H,5,8,11H2,1H3,(H,21,22). The molecule has 0 amide bonds. The highest BCUT2D eigenvalue weighted by molar-refractivity contribution is 5.74. The van der Waals surface area contributed by atoms with Crippen molar-refractivity contribution in [3.05, 3.63) is 65.5 Å². The molecule has 0 aliphatic carbocycles. The molecule has 4 heteroatoms. The number of hydrogen-bond acceptors (Lipinski definition) is 3. The summed E-state index contributed by atoms with van der Waals surface area (Å²) in [6, 6.07) is 11.7. The van der Waals surface area contributed by atoms with Crippen LogP contribution >= 0.6 is 0 Å². The van der Waals surface area contributed by atoms with E-state index < -0.39 is 12.0 Å². The summed E-state index contributed by atoms with van der Waals surface area (Å²) < 4.78 is 0. The topological polar surface area (TPSA) is 53.4 Å². The van der Waals surface area contributed by atoms with Gasteiger partial charge in [0.05, 0.1) is 6.04 Å². The monoisotopic (exact) mass is 296 g/mol. The van der Waals surface area contributed by atoms with E-state index in [0.29, 0.717) is 6.42 Å². The summed E-state index contributed by atoms with van der Waals surface area (Å²) in [5.41, 5.74) is 3.35. The van der Waals surface area contributed by atoms with Gasteiger partial charge >= 0.3 is 5.97 Å². The zero-order chi connectivity index (χ0) is 15.5. The third-order valence-corrected chi connectivity index (χ3v) is 4.38. The number of pyridine rings is 1. The summed E-state index contributed by atoms with van der Waals surface area (Å²) in [7, 11) is 0. The van der Waals surface area contributed by atoms with Crippen molar-refractivity contribution in [3.8, 4) is 0 Å². The van der Waals surface area contributed by atoms with Gasteiger partial charge in [0, 0.05) is 18.9 Å². The van der Waals surface area contributed by atoms with Crippen molar-refractivity contribution in [2.75, 3.05) is 6.54 Å². The number of likely N-dealkylation sites (tertiary alicyclic amines) is 1. The molecule has 1 aliphatic rings. The molecule has 2 heterocycles. The van der Waals surface area contributed by atoms with Crippen molar-refractivity contribution in [1.82, 2.24) is 9.88 Å². The third-order valence-electron chi connectivity index (χ3n) is 4.38. The molecule has 4 nitrogen and oxygen atoms in total. The summed E-state index contributed by atoms with van der Waals surface area (Å²) >= 11 is 0. The predicted octanol–water partition coefficient (Wildman–Crippen LogP) is 3.03. The molecule has 1 saturated heterocycles. The lowest BCUT2D eigenvalue weighted by molar-refractivity contribution is -0.142. The van der Waals surface area contributed by atoms with Gasteiger partial charge in [0.2, 0.25) is 0 Å². The van der Waals surface area contributed by atoms with Crippen molar-refractivity contribution < 1.29 is 9.90 Å². The van der Waals surface area contributed by atoms with Crippen LogP contribution in [0.2, 0.25) is 0 Å². The molecule has 1 aromatic carbocycles. The Labute approximate surface area is 130 Å². The Morgan fingerprint density at radius 3 is 2.77 bits per heavy atom. The zero-order valence-corrected chi connectivity index (χ0v) is 12.6. The van der Waals surface area contributed by atoms with Crippen LogP contribution in [0.1, 0.15) is 35.6 Å². The lowest BCUT2D eigenvalue weighted by Crippen LogP contribution is -2.39. The minimum Gasteiger partial charge on any atom is -0.480 e. The van der Waals surface area contributed by atoms with Crippen LogP contribution < -0.4 is 0 Å². The first kappa shape index (κ1) is 14.7. The number of aryl methyl sites for hydroxylation is 1. The SMILES string of the molecule is Cc1cnccc1C(c1ccccc1)N1CCCC1C(=O)O. The normalized spacial score (nSPS) is 20.0. The van der Waals surface area contributed by atoms with Crippen LogP contribution in [0.3, 0.4) is 0 Å². The van der Waals surface area contributed by atoms with Crippen LogP contribution in [-0.2, 0) is 4.79 Å². The van der Waals surface area contributed by atoms with Crippen LogP contribution in [-0.4, -0.2) is 33.5 Å². The molecule has 0 saturated carbocycles. The fraction of sp³-hybridized carbons (Fsp3) is 0.333. The zero-order valence-electron chi connectivity index (χ0n) is 12.6. The van der Waals surface area contributed by atoms with Gasteiger partial charge in [0.15, 0.2) is 0 Å². The maximum absolute atomic E-state index is 11.6. The van der Waals surface area contributed by atoms with Gasteiger partial charge in [0.1, 0.15) is 6.04 Å². The molecule has 2 atom stereocenters. The second-order valence-electron chi connectivity index (χ2n) is 5.78. The summed E-state index contributed by atoms with van der Waals surface area (Å²) in [6.07, 6.45) is 5.26. The van der Waals surface area contributed by atoms with Crippen LogP contribution in [0, 0.1) is 6.92 Å². The summed E-state index contributed by atoms with van der Waals surface area (Å²) in [5, 5.41) is 9.54. The van der Waals surface area contributed by atoms with E-state index >= 15 is 0 Å². The van der Waals surface area contributed by atoms with E-state index in [1.165, 1.54) is 0 Å². The van der Waals surface area contributed by atoms with Gasteiger partial charge in [-0.05, 0) is 42.5 Å². The maximum atomic E-state index is 11.6. The number of carboxylic acid groups (broad SMARTS) is 1. The molecule has 3 rings (SSSR count). The van der Waals surface area contributed by atoms with E-state index in [0.717, 1.165) is 29.7 Å². The Bertz CT molecular complexity index is 657. The maximum Gasteiger partial charge on any atom is 0.320 e. The van der Waals surface area contributed by atoms with Gasteiger partial charge in [-0.3, -0.25) is 14.7 Å².